The second kappa shape index (κ2) is 4.76. The lowest BCUT2D eigenvalue weighted by Gasteiger charge is -2.10. The Morgan fingerprint density at radius 1 is 1.60 bits per heavy atom. The third-order valence-corrected chi connectivity index (χ3v) is 3.96. The summed E-state index contributed by atoms with van der Waals surface area (Å²) in [5, 5.41) is 11.3. The Labute approximate surface area is 99.4 Å². The highest BCUT2D eigenvalue weighted by atomic mass is 79.9. The van der Waals surface area contributed by atoms with Crippen molar-refractivity contribution in [3.8, 4) is 0 Å². The van der Waals surface area contributed by atoms with Crippen molar-refractivity contribution in [1.29, 1.82) is 0 Å². The van der Waals surface area contributed by atoms with Crippen molar-refractivity contribution in [1.82, 2.24) is 5.32 Å². The molecule has 1 heterocycles. The molecule has 0 aliphatic rings. The van der Waals surface area contributed by atoms with E-state index in [0.717, 1.165) is 9.35 Å². The van der Waals surface area contributed by atoms with E-state index in [2.05, 4.69) is 21.2 Å². The van der Waals surface area contributed by atoms with Crippen LogP contribution in [0, 0.1) is 6.92 Å². The van der Waals surface area contributed by atoms with E-state index in [0.29, 0.717) is 4.88 Å². The molecule has 1 amide bonds. The van der Waals surface area contributed by atoms with Gasteiger partial charge >= 0.3 is 5.97 Å². The minimum Gasteiger partial charge on any atom is -0.479 e. The quantitative estimate of drug-likeness (QED) is 0.896. The summed E-state index contributed by atoms with van der Waals surface area (Å²) in [7, 11) is 0. The molecule has 0 bridgehead atoms. The van der Waals surface area contributed by atoms with Crippen molar-refractivity contribution >= 4 is 39.1 Å². The minimum absolute atomic E-state index is 0.357. The molecule has 6 heteroatoms. The number of amides is 1. The largest absolute Gasteiger partial charge is 0.479 e. The zero-order chi connectivity index (χ0) is 11.6. The van der Waals surface area contributed by atoms with Gasteiger partial charge in [-0.1, -0.05) is 0 Å². The van der Waals surface area contributed by atoms with Gasteiger partial charge in [0.2, 0.25) is 5.91 Å². The van der Waals surface area contributed by atoms with Crippen LogP contribution in [0.2, 0.25) is 0 Å². The highest BCUT2D eigenvalue weighted by molar-refractivity contribution is 9.10. The first-order valence-electron chi connectivity index (χ1n) is 4.17. The first-order valence-corrected chi connectivity index (χ1v) is 5.78. The van der Waals surface area contributed by atoms with Gasteiger partial charge < -0.3 is 10.4 Å². The Morgan fingerprint density at radius 2 is 2.20 bits per heavy atom. The van der Waals surface area contributed by atoms with Gasteiger partial charge in [0.25, 0.3) is 0 Å². The van der Waals surface area contributed by atoms with Crippen molar-refractivity contribution in [2.24, 2.45) is 0 Å². The fourth-order valence-corrected chi connectivity index (χ4v) is 2.69. The number of carboxylic acid groups (broad SMARTS) is 1. The fourth-order valence-electron chi connectivity index (χ4n) is 1.08. The van der Waals surface area contributed by atoms with Crippen molar-refractivity contribution in [3.63, 3.8) is 0 Å². The van der Waals surface area contributed by atoms with Gasteiger partial charge in [-0.05, 0) is 28.9 Å². The summed E-state index contributed by atoms with van der Waals surface area (Å²) in [5.41, 5.74) is 0. The molecule has 4 nitrogen and oxygen atoms in total. The number of thiophene rings is 1. The maximum atomic E-state index is 10.9. The number of halogens is 1. The molecule has 1 atom stereocenters. The molecule has 0 fully saturated rings. The molecule has 0 aliphatic heterocycles. The van der Waals surface area contributed by atoms with Gasteiger partial charge in [-0.15, -0.1) is 11.3 Å². The van der Waals surface area contributed by atoms with Crippen molar-refractivity contribution < 1.29 is 14.7 Å². The van der Waals surface area contributed by atoms with E-state index < -0.39 is 12.0 Å². The number of carbonyl (C=O) groups excluding carboxylic acids is 1. The zero-order valence-corrected chi connectivity index (χ0v) is 10.6. The van der Waals surface area contributed by atoms with E-state index >= 15 is 0 Å². The monoisotopic (exact) mass is 291 g/mol. The Bertz CT molecular complexity index is 383. The third-order valence-electron chi connectivity index (χ3n) is 1.76. The van der Waals surface area contributed by atoms with Gasteiger partial charge in [-0.25, -0.2) is 4.79 Å². The van der Waals surface area contributed by atoms with E-state index in [4.69, 9.17) is 5.11 Å². The van der Waals surface area contributed by atoms with Crippen molar-refractivity contribution in [3.05, 3.63) is 20.3 Å². The van der Waals surface area contributed by atoms with E-state index in [-0.39, 0.29) is 5.91 Å². The third kappa shape index (κ3) is 3.04. The molecule has 0 radical (unpaired) electrons. The van der Waals surface area contributed by atoms with Crippen molar-refractivity contribution in [2.45, 2.75) is 19.9 Å². The molecule has 0 aliphatic carbocycles. The number of hydrogen-bond acceptors (Lipinski definition) is 3. The lowest BCUT2D eigenvalue weighted by atomic mass is 10.2. The second-order valence-electron chi connectivity index (χ2n) is 3.02. The summed E-state index contributed by atoms with van der Waals surface area (Å²) in [6, 6.07) is 0.756. The Balaban J connectivity index is 2.99. The molecule has 1 aromatic rings. The van der Waals surface area contributed by atoms with E-state index in [9.17, 15) is 9.59 Å². The number of carbonyl (C=O) groups is 2. The number of nitrogens with one attached hydrogen (secondary N) is 1. The van der Waals surface area contributed by atoms with Gasteiger partial charge in [-0.3, -0.25) is 4.79 Å². The maximum Gasteiger partial charge on any atom is 0.331 e. The summed E-state index contributed by atoms with van der Waals surface area (Å²) in [5.74, 6) is -1.41. The van der Waals surface area contributed by atoms with Crippen LogP contribution in [0.25, 0.3) is 0 Å². The molecule has 1 unspecified atom stereocenters. The van der Waals surface area contributed by atoms with Crippen LogP contribution in [0.3, 0.4) is 0 Å². The van der Waals surface area contributed by atoms with Crippen LogP contribution >= 0.6 is 27.3 Å². The summed E-state index contributed by atoms with van der Waals surface area (Å²) in [4.78, 5) is 23.4. The SMILES string of the molecule is CC(=O)NC(C(=O)O)c1cc(Br)c(C)s1. The predicted molar refractivity (Wildman–Crippen MR) is 60.9 cm³/mol. The maximum absolute atomic E-state index is 10.9. The normalized spacial score (nSPS) is 12.2. The first kappa shape index (κ1) is 12.2. The Kier molecular flexibility index (Phi) is 3.87. The summed E-state index contributed by atoms with van der Waals surface area (Å²) in [6.45, 7) is 3.18. The molecule has 0 spiro atoms. The zero-order valence-electron chi connectivity index (χ0n) is 8.20. The predicted octanol–water partition coefficient (Wildman–Crippen LogP) is 2.08. The van der Waals surface area contributed by atoms with Crippen LogP contribution in [0.1, 0.15) is 22.7 Å². The van der Waals surface area contributed by atoms with E-state index in [1.54, 1.807) is 6.07 Å². The molecule has 1 aromatic heterocycles. The molecular formula is C9H10BrNO3S. The fraction of sp³-hybridized carbons (Fsp3) is 0.333. The summed E-state index contributed by atoms with van der Waals surface area (Å²) >= 11 is 4.65. The minimum atomic E-state index is -1.06. The average Bonchev–Trinajstić information content (AvgIpc) is 2.42. The van der Waals surface area contributed by atoms with E-state index in [1.807, 2.05) is 6.92 Å². The highest BCUT2D eigenvalue weighted by Gasteiger charge is 2.23. The van der Waals surface area contributed by atoms with Crippen LogP contribution in [0.4, 0.5) is 0 Å². The van der Waals surface area contributed by atoms with Crippen LogP contribution in [-0.2, 0) is 9.59 Å². The number of aliphatic carboxylic acids is 1. The molecule has 2 N–H and O–H groups in total. The lowest BCUT2D eigenvalue weighted by Crippen LogP contribution is -2.31. The van der Waals surface area contributed by atoms with Crippen LogP contribution in [-0.4, -0.2) is 17.0 Å². The standard InChI is InChI=1S/C9H10BrNO3S/c1-4-6(10)3-7(15-4)8(9(13)14)11-5(2)12/h3,8H,1-2H3,(H,11,12)(H,13,14). The molecule has 0 aromatic carbocycles. The van der Waals surface area contributed by atoms with Gasteiger partial charge in [-0.2, -0.15) is 0 Å². The molecular weight excluding hydrogens is 282 g/mol. The molecule has 1 rings (SSSR count). The van der Waals surface area contributed by atoms with E-state index in [1.165, 1.54) is 18.3 Å². The van der Waals surface area contributed by atoms with Gasteiger partial charge in [0.15, 0.2) is 6.04 Å². The molecule has 15 heavy (non-hydrogen) atoms. The second-order valence-corrected chi connectivity index (χ2v) is 5.17. The van der Waals surface area contributed by atoms with Crippen LogP contribution < -0.4 is 5.32 Å². The molecule has 0 saturated carbocycles. The van der Waals surface area contributed by atoms with Crippen LogP contribution in [0.15, 0.2) is 10.5 Å². The number of rotatable bonds is 3. The first-order chi connectivity index (χ1) is 6.91. The van der Waals surface area contributed by atoms with Gasteiger partial charge in [0, 0.05) is 21.2 Å². The molecule has 0 saturated heterocycles. The Morgan fingerprint density at radius 3 is 2.53 bits per heavy atom. The summed E-state index contributed by atoms with van der Waals surface area (Å²) in [6.07, 6.45) is 0. The van der Waals surface area contributed by atoms with Crippen LogP contribution in [0.5, 0.6) is 0 Å². The molecule has 82 valence electrons. The van der Waals surface area contributed by atoms with Gasteiger partial charge in [0.1, 0.15) is 0 Å². The van der Waals surface area contributed by atoms with Crippen molar-refractivity contribution in [2.75, 3.05) is 0 Å². The topological polar surface area (TPSA) is 66.4 Å². The lowest BCUT2D eigenvalue weighted by molar-refractivity contribution is -0.141. The number of hydrogen-bond donors (Lipinski definition) is 2. The Hall–Kier alpha value is -0.880. The smallest absolute Gasteiger partial charge is 0.331 e. The van der Waals surface area contributed by atoms with Gasteiger partial charge in [0.05, 0.1) is 0 Å². The summed E-state index contributed by atoms with van der Waals surface area (Å²) < 4.78 is 0.860. The highest BCUT2D eigenvalue weighted by Crippen LogP contribution is 2.30. The number of carboxylic acids is 1. The number of aryl methyl sites for hydroxylation is 1. The average molecular weight is 292 g/mol.